The average molecular weight is 571 g/mol. The first-order valence-electron chi connectivity index (χ1n) is 13.8. The zero-order chi connectivity index (χ0) is 28.3. The van der Waals surface area contributed by atoms with Crippen LogP contribution in [0.5, 0.6) is 5.75 Å². The molecular formula is C32H34N4O4S. The number of carboxylic acid groups (broad SMARTS) is 1. The maximum atomic E-state index is 12.2. The summed E-state index contributed by atoms with van der Waals surface area (Å²) < 4.78 is 11.3. The fourth-order valence-electron chi connectivity index (χ4n) is 4.61. The number of carbonyl (C=O) groups is 1. The first-order chi connectivity index (χ1) is 20.2. The predicted molar refractivity (Wildman–Crippen MR) is 165 cm³/mol. The smallest absolute Gasteiger partial charge is 0.335 e. The van der Waals surface area contributed by atoms with Crippen LogP contribution in [0.1, 0.15) is 17.5 Å². The topological polar surface area (TPSA) is 96.8 Å². The zero-order valence-electron chi connectivity index (χ0n) is 22.9. The summed E-state index contributed by atoms with van der Waals surface area (Å²) in [4.78, 5) is 23.4. The SMILES string of the molecule is O=C(O)/C(=C/CSCCCN1CCOCC1)c1ccc2ncnc(Nc3ccc(OCc4ccccc4)cc3)c2c1. The normalized spacial score (nSPS) is 14.2. The molecule has 1 saturated heterocycles. The second-order valence-electron chi connectivity index (χ2n) is 9.68. The van der Waals surface area contributed by atoms with E-state index in [9.17, 15) is 9.90 Å². The molecule has 1 aliphatic rings. The van der Waals surface area contributed by atoms with E-state index >= 15 is 0 Å². The van der Waals surface area contributed by atoms with Gasteiger partial charge in [0.05, 0.1) is 24.3 Å². The Kier molecular flexibility index (Phi) is 10.2. The quantitative estimate of drug-likeness (QED) is 0.151. The third kappa shape index (κ3) is 8.29. The van der Waals surface area contributed by atoms with Crippen LogP contribution in [-0.4, -0.2) is 70.3 Å². The number of nitrogens with one attached hydrogen (secondary N) is 1. The molecule has 0 radical (unpaired) electrons. The van der Waals surface area contributed by atoms with Crippen molar-refractivity contribution in [3.05, 3.63) is 96.3 Å². The highest BCUT2D eigenvalue weighted by molar-refractivity contribution is 7.99. The molecule has 0 aliphatic carbocycles. The van der Waals surface area contributed by atoms with E-state index in [4.69, 9.17) is 9.47 Å². The zero-order valence-corrected chi connectivity index (χ0v) is 23.7. The molecule has 212 valence electrons. The number of rotatable bonds is 13. The molecule has 2 N–H and O–H groups in total. The van der Waals surface area contributed by atoms with Crippen LogP contribution in [0.25, 0.3) is 16.5 Å². The van der Waals surface area contributed by atoms with E-state index in [1.807, 2.05) is 66.7 Å². The molecule has 0 atom stereocenters. The molecule has 0 saturated carbocycles. The molecule has 8 nitrogen and oxygen atoms in total. The fraction of sp³-hybridized carbons (Fsp3) is 0.281. The van der Waals surface area contributed by atoms with Crippen molar-refractivity contribution >= 4 is 45.7 Å². The molecule has 2 heterocycles. The number of aliphatic carboxylic acids is 1. The van der Waals surface area contributed by atoms with Gasteiger partial charge in [-0.2, -0.15) is 11.8 Å². The third-order valence-corrected chi connectivity index (χ3v) is 7.79. The van der Waals surface area contributed by atoms with E-state index in [1.165, 1.54) is 6.33 Å². The Labute approximate surface area is 244 Å². The van der Waals surface area contributed by atoms with Crippen molar-refractivity contribution in [1.82, 2.24) is 14.9 Å². The lowest BCUT2D eigenvalue weighted by molar-refractivity contribution is -0.130. The van der Waals surface area contributed by atoms with Gasteiger partial charge in [0, 0.05) is 29.9 Å². The van der Waals surface area contributed by atoms with E-state index in [2.05, 4.69) is 20.2 Å². The number of nitrogens with zero attached hydrogens (tertiary/aromatic N) is 3. The summed E-state index contributed by atoms with van der Waals surface area (Å²) in [5.74, 6) is 2.05. The Morgan fingerprint density at radius 2 is 1.85 bits per heavy atom. The van der Waals surface area contributed by atoms with Crippen molar-refractivity contribution in [3.8, 4) is 5.75 Å². The van der Waals surface area contributed by atoms with Crippen LogP contribution in [0.15, 0.2) is 85.2 Å². The standard InChI is InChI=1S/C32H34N4O4S/c37-32(38)28(13-20-41-19-4-14-36-15-17-39-18-16-36)25-7-12-30-29(21-25)31(34-23-33-30)35-26-8-10-27(11-9-26)40-22-24-5-2-1-3-6-24/h1-3,5-13,21,23H,4,14-20,22H2,(H,37,38)(H,33,34,35)/b28-13+. The first kappa shape index (κ1) is 28.6. The number of morpholine rings is 1. The van der Waals surface area contributed by atoms with Gasteiger partial charge in [-0.1, -0.05) is 42.5 Å². The van der Waals surface area contributed by atoms with Crippen LogP contribution in [0.3, 0.4) is 0 Å². The van der Waals surface area contributed by atoms with E-state index < -0.39 is 5.97 Å². The summed E-state index contributed by atoms with van der Waals surface area (Å²) in [5.41, 5.74) is 3.58. The van der Waals surface area contributed by atoms with E-state index in [-0.39, 0.29) is 5.57 Å². The van der Waals surface area contributed by atoms with Crippen molar-refractivity contribution in [2.24, 2.45) is 0 Å². The van der Waals surface area contributed by atoms with Crippen molar-refractivity contribution in [1.29, 1.82) is 0 Å². The van der Waals surface area contributed by atoms with Crippen molar-refractivity contribution < 1.29 is 19.4 Å². The van der Waals surface area contributed by atoms with Crippen molar-refractivity contribution in [2.75, 3.05) is 49.7 Å². The summed E-state index contributed by atoms with van der Waals surface area (Å²) in [6, 6.07) is 23.2. The summed E-state index contributed by atoms with van der Waals surface area (Å²) in [5, 5.41) is 14.1. The molecule has 0 bridgehead atoms. The second kappa shape index (κ2) is 14.6. The highest BCUT2D eigenvalue weighted by atomic mass is 32.2. The molecule has 1 aromatic heterocycles. The largest absolute Gasteiger partial charge is 0.489 e. The Hall–Kier alpha value is -3.92. The van der Waals surface area contributed by atoms with Crippen LogP contribution in [0.2, 0.25) is 0 Å². The number of ether oxygens (including phenoxy) is 2. The fourth-order valence-corrected chi connectivity index (χ4v) is 5.39. The lowest BCUT2D eigenvalue weighted by Gasteiger charge is -2.26. The van der Waals surface area contributed by atoms with Gasteiger partial charge >= 0.3 is 5.97 Å². The lowest BCUT2D eigenvalue weighted by Crippen LogP contribution is -2.36. The molecule has 9 heteroatoms. The van der Waals surface area contributed by atoms with Gasteiger partial charge in [0.1, 0.15) is 24.5 Å². The van der Waals surface area contributed by atoms with Crippen LogP contribution in [0.4, 0.5) is 11.5 Å². The Morgan fingerprint density at radius 3 is 2.63 bits per heavy atom. The molecule has 1 aliphatic heterocycles. The molecule has 3 aromatic carbocycles. The molecule has 1 fully saturated rings. The van der Waals surface area contributed by atoms with Crippen LogP contribution >= 0.6 is 11.8 Å². The van der Waals surface area contributed by atoms with Gasteiger partial charge in [0.15, 0.2) is 0 Å². The molecule has 4 aromatic rings. The minimum absolute atomic E-state index is 0.280. The van der Waals surface area contributed by atoms with Gasteiger partial charge in [-0.05, 0) is 66.2 Å². The van der Waals surface area contributed by atoms with Crippen LogP contribution < -0.4 is 10.1 Å². The van der Waals surface area contributed by atoms with Gasteiger partial charge in [-0.25, -0.2) is 14.8 Å². The van der Waals surface area contributed by atoms with Gasteiger partial charge in [0.2, 0.25) is 0 Å². The molecule has 41 heavy (non-hydrogen) atoms. The first-order valence-corrected chi connectivity index (χ1v) is 14.9. The van der Waals surface area contributed by atoms with Crippen molar-refractivity contribution in [3.63, 3.8) is 0 Å². The second-order valence-corrected chi connectivity index (χ2v) is 10.8. The number of fused-ring (bicyclic) bond motifs is 1. The highest BCUT2D eigenvalue weighted by Crippen LogP contribution is 2.28. The average Bonchev–Trinajstić information content (AvgIpc) is 3.01. The maximum absolute atomic E-state index is 12.2. The molecule has 0 spiro atoms. The Morgan fingerprint density at radius 1 is 1.05 bits per heavy atom. The number of hydrogen-bond donors (Lipinski definition) is 2. The van der Waals surface area contributed by atoms with Crippen LogP contribution in [0, 0.1) is 0 Å². The Bertz CT molecular complexity index is 1460. The number of hydrogen-bond acceptors (Lipinski definition) is 8. The number of anilines is 2. The lowest BCUT2D eigenvalue weighted by atomic mass is 10.0. The van der Waals surface area contributed by atoms with Crippen LogP contribution in [-0.2, 0) is 16.1 Å². The Balaban J connectivity index is 1.22. The molecule has 0 amide bonds. The number of carboxylic acids is 1. The number of benzene rings is 3. The van der Waals surface area contributed by atoms with Gasteiger partial charge in [0.25, 0.3) is 0 Å². The summed E-state index contributed by atoms with van der Waals surface area (Å²) in [7, 11) is 0. The third-order valence-electron chi connectivity index (χ3n) is 6.81. The van der Waals surface area contributed by atoms with Gasteiger partial charge in [-0.15, -0.1) is 0 Å². The highest BCUT2D eigenvalue weighted by Gasteiger charge is 2.14. The van der Waals surface area contributed by atoms with E-state index in [0.29, 0.717) is 23.7 Å². The number of thioether (sulfide) groups is 1. The number of aromatic nitrogens is 2. The minimum atomic E-state index is -0.948. The molecular weight excluding hydrogens is 536 g/mol. The van der Waals surface area contributed by atoms with Gasteiger partial charge < -0.3 is 19.9 Å². The summed E-state index contributed by atoms with van der Waals surface area (Å²) in [6.07, 6.45) is 4.38. The van der Waals surface area contributed by atoms with Crippen molar-refractivity contribution in [2.45, 2.75) is 13.0 Å². The van der Waals surface area contributed by atoms with E-state index in [0.717, 1.165) is 72.9 Å². The van der Waals surface area contributed by atoms with Gasteiger partial charge in [-0.3, -0.25) is 4.90 Å². The molecule has 5 rings (SSSR count). The maximum Gasteiger partial charge on any atom is 0.335 e. The monoisotopic (exact) mass is 570 g/mol. The van der Waals surface area contributed by atoms with E-state index in [1.54, 1.807) is 23.9 Å². The predicted octanol–water partition coefficient (Wildman–Crippen LogP) is 5.88. The molecule has 0 unspecified atom stereocenters. The minimum Gasteiger partial charge on any atom is -0.489 e. The summed E-state index contributed by atoms with van der Waals surface area (Å²) in [6.45, 7) is 5.15. The summed E-state index contributed by atoms with van der Waals surface area (Å²) >= 11 is 1.75.